The third-order valence-electron chi connectivity index (χ3n) is 4.99. The van der Waals surface area contributed by atoms with Crippen molar-refractivity contribution in [2.24, 2.45) is 11.8 Å². The van der Waals surface area contributed by atoms with Crippen molar-refractivity contribution in [1.82, 2.24) is 9.88 Å². The molecule has 2 bridgehead atoms. The zero-order valence-corrected chi connectivity index (χ0v) is 14.9. The van der Waals surface area contributed by atoms with E-state index < -0.39 is 46.1 Å². The Balaban J connectivity index is 1.87. The number of rotatable bonds is 4. The van der Waals surface area contributed by atoms with Gasteiger partial charge in [-0.15, -0.1) is 0 Å². The largest absolute Gasteiger partial charge is 0.434 e. The van der Waals surface area contributed by atoms with Crippen LogP contribution < -0.4 is 0 Å². The van der Waals surface area contributed by atoms with E-state index in [9.17, 15) is 28.1 Å². The second-order valence-electron chi connectivity index (χ2n) is 6.90. The molecular formula is C16H17ClF3N3O4. The van der Waals surface area contributed by atoms with Crippen molar-refractivity contribution in [2.75, 3.05) is 19.6 Å². The number of alkyl halides is 3. The van der Waals surface area contributed by atoms with E-state index in [1.807, 2.05) is 0 Å². The average molecular weight is 408 g/mol. The number of piperidine rings is 1. The molecule has 3 rings (SSSR count). The smallest absolute Gasteiger partial charge is 0.416 e. The third kappa shape index (κ3) is 4.42. The standard InChI is InChI=1S/C16H17ClF3N3O4/c17-14-13(11(3-4-21-14)16(18,19)20)12(8-23(25)26)27-15(24)22-6-9-1-2-10(5-9)7-22/h3-4,9-10,12H,1-2,5-8H2. The molecule has 0 radical (unpaired) electrons. The zero-order valence-electron chi connectivity index (χ0n) is 14.1. The molecule has 1 aromatic rings. The first-order valence-corrected chi connectivity index (χ1v) is 8.82. The summed E-state index contributed by atoms with van der Waals surface area (Å²) < 4.78 is 45.1. The van der Waals surface area contributed by atoms with E-state index in [1.54, 1.807) is 0 Å². The van der Waals surface area contributed by atoms with Crippen molar-refractivity contribution in [3.8, 4) is 0 Å². The molecule has 0 spiro atoms. The Morgan fingerprint density at radius 1 is 1.41 bits per heavy atom. The highest BCUT2D eigenvalue weighted by atomic mass is 35.5. The molecule has 2 aliphatic rings. The highest BCUT2D eigenvalue weighted by molar-refractivity contribution is 6.30. The van der Waals surface area contributed by atoms with E-state index in [0.29, 0.717) is 31.0 Å². The molecule has 3 atom stereocenters. The molecule has 0 N–H and O–H groups in total. The summed E-state index contributed by atoms with van der Waals surface area (Å²) in [5.74, 6) is 0.663. The van der Waals surface area contributed by atoms with Crippen LogP contribution >= 0.6 is 11.6 Å². The molecule has 11 heteroatoms. The molecule has 7 nitrogen and oxygen atoms in total. The van der Waals surface area contributed by atoms with Gasteiger partial charge in [-0.25, -0.2) is 9.78 Å². The Kier molecular flexibility index (Phi) is 5.45. The molecule has 1 amide bonds. The summed E-state index contributed by atoms with van der Waals surface area (Å²) in [7, 11) is 0. The molecule has 27 heavy (non-hydrogen) atoms. The molecule has 1 aliphatic heterocycles. The summed E-state index contributed by atoms with van der Waals surface area (Å²) in [5.41, 5.74) is -1.91. The number of nitrogens with zero attached hydrogens (tertiary/aromatic N) is 3. The van der Waals surface area contributed by atoms with E-state index >= 15 is 0 Å². The van der Waals surface area contributed by atoms with E-state index in [0.717, 1.165) is 25.5 Å². The van der Waals surface area contributed by atoms with Gasteiger partial charge in [-0.2, -0.15) is 13.2 Å². The molecule has 148 valence electrons. The summed E-state index contributed by atoms with van der Waals surface area (Å²) in [6.07, 6.45) is -3.65. The number of carbonyl (C=O) groups excluding carboxylic acids is 1. The second kappa shape index (κ2) is 7.49. The fourth-order valence-corrected chi connectivity index (χ4v) is 4.16. The lowest BCUT2D eigenvalue weighted by Gasteiger charge is -2.32. The molecule has 1 saturated heterocycles. The summed E-state index contributed by atoms with van der Waals surface area (Å²) in [6, 6.07) is 0.656. The first-order valence-electron chi connectivity index (χ1n) is 8.44. The fourth-order valence-electron chi connectivity index (χ4n) is 3.88. The maximum atomic E-state index is 13.3. The summed E-state index contributed by atoms with van der Waals surface area (Å²) in [5, 5.41) is 10.4. The molecule has 2 heterocycles. The number of fused-ring (bicyclic) bond motifs is 2. The number of pyridine rings is 1. The normalized spacial score (nSPS) is 23.2. The number of hydrogen-bond donors (Lipinski definition) is 0. The van der Waals surface area contributed by atoms with Gasteiger partial charge in [0, 0.05) is 29.8 Å². The van der Waals surface area contributed by atoms with Gasteiger partial charge in [-0.05, 0) is 37.2 Å². The summed E-state index contributed by atoms with van der Waals surface area (Å²) in [6.45, 7) is -0.165. The van der Waals surface area contributed by atoms with Crippen LogP contribution in [0.5, 0.6) is 0 Å². The van der Waals surface area contributed by atoms with Gasteiger partial charge >= 0.3 is 12.3 Å². The summed E-state index contributed by atoms with van der Waals surface area (Å²) in [4.78, 5) is 27.6. The van der Waals surface area contributed by atoms with Crippen LogP contribution in [0.2, 0.25) is 5.15 Å². The zero-order chi connectivity index (χ0) is 19.8. The van der Waals surface area contributed by atoms with Gasteiger partial charge in [0.05, 0.1) is 5.56 Å². The van der Waals surface area contributed by atoms with Crippen molar-refractivity contribution >= 4 is 17.7 Å². The fraction of sp³-hybridized carbons (Fsp3) is 0.625. The van der Waals surface area contributed by atoms with E-state index in [1.165, 1.54) is 4.90 Å². The molecular weight excluding hydrogens is 391 g/mol. The number of hydrogen-bond acceptors (Lipinski definition) is 5. The van der Waals surface area contributed by atoms with Gasteiger partial charge in [0.2, 0.25) is 6.54 Å². The minimum Gasteiger partial charge on any atom is -0.434 e. The van der Waals surface area contributed by atoms with Gasteiger partial charge in [0.15, 0.2) is 6.10 Å². The Bertz CT molecular complexity index is 734. The maximum Gasteiger partial charge on any atom is 0.416 e. The highest BCUT2D eigenvalue weighted by Crippen LogP contribution is 2.40. The van der Waals surface area contributed by atoms with E-state index in [-0.39, 0.29) is 0 Å². The number of nitro groups is 1. The van der Waals surface area contributed by atoms with Gasteiger partial charge in [0.25, 0.3) is 0 Å². The van der Waals surface area contributed by atoms with Crippen LogP contribution in [0, 0.1) is 22.0 Å². The number of ether oxygens (including phenoxy) is 1. The Hall–Kier alpha value is -2.10. The van der Waals surface area contributed by atoms with Crippen molar-refractivity contribution in [3.63, 3.8) is 0 Å². The first kappa shape index (κ1) is 19.7. The molecule has 1 aliphatic carbocycles. The monoisotopic (exact) mass is 407 g/mol. The van der Waals surface area contributed by atoms with Crippen LogP contribution in [0.4, 0.5) is 18.0 Å². The minimum absolute atomic E-state index is 0.331. The quantitative estimate of drug-likeness (QED) is 0.428. The topological polar surface area (TPSA) is 85.6 Å². The van der Waals surface area contributed by atoms with Gasteiger partial charge < -0.3 is 9.64 Å². The highest BCUT2D eigenvalue weighted by Gasteiger charge is 2.41. The summed E-state index contributed by atoms with van der Waals surface area (Å²) >= 11 is 5.80. The molecule has 0 aromatic carbocycles. The molecule has 1 saturated carbocycles. The van der Waals surface area contributed by atoms with Crippen LogP contribution in [0.1, 0.15) is 36.5 Å². The van der Waals surface area contributed by atoms with Crippen LogP contribution in [0.3, 0.4) is 0 Å². The predicted molar refractivity (Wildman–Crippen MR) is 87.7 cm³/mol. The predicted octanol–water partition coefficient (Wildman–Crippen LogP) is 3.94. The third-order valence-corrected chi connectivity index (χ3v) is 5.29. The number of halogens is 4. The second-order valence-corrected chi connectivity index (χ2v) is 7.26. The van der Waals surface area contributed by atoms with Crippen LogP contribution in [0.25, 0.3) is 0 Å². The van der Waals surface area contributed by atoms with Gasteiger partial charge in [0.1, 0.15) is 5.15 Å². The number of amides is 1. The SMILES string of the molecule is O=C(OC(C[N+](=O)[O-])c1c(C(F)(F)F)ccnc1Cl)N1CC2CCC(C2)C1. The molecule has 2 fully saturated rings. The molecule has 1 aromatic heterocycles. The lowest BCUT2D eigenvalue weighted by atomic mass is 9.99. The van der Waals surface area contributed by atoms with Crippen LogP contribution in [0.15, 0.2) is 12.3 Å². The Morgan fingerprint density at radius 3 is 2.59 bits per heavy atom. The van der Waals surface area contributed by atoms with Crippen molar-refractivity contribution in [2.45, 2.75) is 31.5 Å². The van der Waals surface area contributed by atoms with Crippen molar-refractivity contribution in [3.05, 3.63) is 38.7 Å². The van der Waals surface area contributed by atoms with Gasteiger partial charge in [-0.1, -0.05) is 11.6 Å². The first-order chi connectivity index (χ1) is 12.6. The lowest BCUT2D eigenvalue weighted by molar-refractivity contribution is -0.491. The Morgan fingerprint density at radius 2 is 2.04 bits per heavy atom. The van der Waals surface area contributed by atoms with Crippen molar-refractivity contribution in [1.29, 1.82) is 0 Å². The number of carbonyl (C=O) groups is 1. The van der Waals surface area contributed by atoms with E-state index in [2.05, 4.69) is 4.98 Å². The molecule has 3 unspecified atom stereocenters. The van der Waals surface area contributed by atoms with E-state index in [4.69, 9.17) is 16.3 Å². The van der Waals surface area contributed by atoms with Crippen LogP contribution in [-0.4, -0.2) is 40.5 Å². The average Bonchev–Trinajstić information content (AvgIpc) is 2.90. The maximum absolute atomic E-state index is 13.3. The van der Waals surface area contributed by atoms with Crippen molar-refractivity contribution < 1.29 is 27.6 Å². The number of likely N-dealkylation sites (tertiary alicyclic amines) is 1. The van der Waals surface area contributed by atoms with Crippen LogP contribution in [-0.2, 0) is 10.9 Å². The lowest BCUT2D eigenvalue weighted by Crippen LogP contribution is -2.42. The van der Waals surface area contributed by atoms with Gasteiger partial charge in [-0.3, -0.25) is 10.1 Å². The Labute approximate surface area is 157 Å². The number of aromatic nitrogens is 1. The minimum atomic E-state index is -4.83.